The first-order valence-corrected chi connectivity index (χ1v) is 5.90. The average Bonchev–Trinajstić information content (AvgIpc) is 2.27. The van der Waals surface area contributed by atoms with Crippen molar-refractivity contribution >= 4 is 29.1 Å². The van der Waals surface area contributed by atoms with Gasteiger partial charge in [0.2, 0.25) is 0 Å². The van der Waals surface area contributed by atoms with Crippen molar-refractivity contribution in [1.29, 1.82) is 5.26 Å². The summed E-state index contributed by atoms with van der Waals surface area (Å²) in [7, 11) is 0. The molecule has 0 atom stereocenters. The Labute approximate surface area is 115 Å². The zero-order valence-corrected chi connectivity index (χ0v) is 11.5. The van der Waals surface area contributed by atoms with Gasteiger partial charge in [0.05, 0.1) is 11.1 Å². The van der Waals surface area contributed by atoms with Crippen molar-refractivity contribution in [2.24, 2.45) is 0 Å². The zero-order chi connectivity index (χ0) is 13.8. The second-order valence-electron chi connectivity index (χ2n) is 4.15. The number of amides is 1. The molecule has 0 aromatic heterocycles. The molecule has 0 aliphatic heterocycles. The van der Waals surface area contributed by atoms with Gasteiger partial charge in [0, 0.05) is 5.02 Å². The maximum absolute atomic E-state index is 11.5. The van der Waals surface area contributed by atoms with Crippen LogP contribution < -0.4 is 10.1 Å². The summed E-state index contributed by atoms with van der Waals surface area (Å²) in [5, 5.41) is 12.1. The maximum Gasteiger partial charge on any atom is 0.259 e. The molecule has 0 heterocycles. The Morgan fingerprint density at radius 2 is 2.17 bits per heavy atom. The summed E-state index contributed by atoms with van der Waals surface area (Å²) in [5.74, 6) is -0.0291. The Morgan fingerprint density at radius 1 is 1.50 bits per heavy atom. The lowest BCUT2D eigenvalue weighted by Crippen LogP contribution is -2.44. The van der Waals surface area contributed by atoms with Crippen molar-refractivity contribution in [1.82, 2.24) is 5.32 Å². The highest BCUT2D eigenvalue weighted by molar-refractivity contribution is 6.35. The Hall–Kier alpha value is -1.44. The zero-order valence-electron chi connectivity index (χ0n) is 9.96. The number of carbonyl (C=O) groups is 1. The van der Waals surface area contributed by atoms with Crippen LogP contribution in [0.25, 0.3) is 0 Å². The SMILES string of the molecule is CC(C)(C#N)NC(=O)COc1ccc(Cl)cc1Cl. The molecule has 96 valence electrons. The lowest BCUT2D eigenvalue weighted by Gasteiger charge is -2.17. The monoisotopic (exact) mass is 286 g/mol. The van der Waals surface area contributed by atoms with Crippen molar-refractivity contribution in [2.75, 3.05) is 6.61 Å². The van der Waals surface area contributed by atoms with Crippen LogP contribution in [0.4, 0.5) is 0 Å². The van der Waals surface area contributed by atoms with Gasteiger partial charge in [0.15, 0.2) is 6.61 Å². The van der Waals surface area contributed by atoms with Gasteiger partial charge < -0.3 is 10.1 Å². The van der Waals surface area contributed by atoms with Crippen molar-refractivity contribution in [2.45, 2.75) is 19.4 Å². The van der Waals surface area contributed by atoms with E-state index in [9.17, 15) is 4.79 Å². The minimum Gasteiger partial charge on any atom is -0.482 e. The summed E-state index contributed by atoms with van der Waals surface area (Å²) >= 11 is 11.6. The second-order valence-corrected chi connectivity index (χ2v) is 4.99. The van der Waals surface area contributed by atoms with E-state index in [1.807, 2.05) is 6.07 Å². The van der Waals surface area contributed by atoms with E-state index >= 15 is 0 Å². The van der Waals surface area contributed by atoms with Gasteiger partial charge in [-0.25, -0.2) is 0 Å². The molecule has 4 nitrogen and oxygen atoms in total. The van der Waals surface area contributed by atoms with Crippen LogP contribution in [-0.2, 0) is 4.79 Å². The van der Waals surface area contributed by atoms with E-state index in [-0.39, 0.29) is 6.61 Å². The molecule has 0 bridgehead atoms. The molecule has 0 aliphatic rings. The van der Waals surface area contributed by atoms with Gasteiger partial charge in [-0.05, 0) is 32.0 Å². The lowest BCUT2D eigenvalue weighted by molar-refractivity contribution is -0.124. The van der Waals surface area contributed by atoms with Gasteiger partial charge in [-0.1, -0.05) is 23.2 Å². The van der Waals surface area contributed by atoms with Crippen molar-refractivity contribution in [3.8, 4) is 11.8 Å². The molecule has 18 heavy (non-hydrogen) atoms. The predicted molar refractivity (Wildman–Crippen MR) is 69.8 cm³/mol. The van der Waals surface area contributed by atoms with E-state index in [1.165, 1.54) is 6.07 Å². The van der Waals surface area contributed by atoms with E-state index in [0.717, 1.165) is 0 Å². The number of carbonyl (C=O) groups excluding carboxylic acids is 1. The Bertz CT molecular complexity index is 495. The molecule has 0 fully saturated rings. The first-order chi connectivity index (χ1) is 8.34. The number of nitrogens with zero attached hydrogens (tertiary/aromatic N) is 1. The van der Waals surface area contributed by atoms with E-state index in [2.05, 4.69) is 5.32 Å². The van der Waals surface area contributed by atoms with Crippen molar-refractivity contribution in [3.05, 3.63) is 28.2 Å². The first-order valence-electron chi connectivity index (χ1n) is 5.14. The number of hydrogen-bond donors (Lipinski definition) is 1. The van der Waals surface area contributed by atoms with E-state index in [1.54, 1.807) is 26.0 Å². The van der Waals surface area contributed by atoms with Gasteiger partial charge in [0.25, 0.3) is 5.91 Å². The topological polar surface area (TPSA) is 62.1 Å². The normalized spacial score (nSPS) is 10.6. The molecular weight excluding hydrogens is 275 g/mol. The number of hydrogen-bond acceptors (Lipinski definition) is 3. The highest BCUT2D eigenvalue weighted by Crippen LogP contribution is 2.27. The molecule has 0 saturated heterocycles. The number of nitriles is 1. The second kappa shape index (κ2) is 5.94. The van der Waals surface area contributed by atoms with Crippen LogP contribution in [0.5, 0.6) is 5.75 Å². The molecule has 1 N–H and O–H groups in total. The van der Waals surface area contributed by atoms with Crippen LogP contribution in [0.15, 0.2) is 18.2 Å². The fraction of sp³-hybridized carbons (Fsp3) is 0.333. The summed E-state index contributed by atoms with van der Waals surface area (Å²) in [5.41, 5.74) is -0.926. The van der Waals surface area contributed by atoms with Gasteiger partial charge in [0.1, 0.15) is 11.3 Å². The quantitative estimate of drug-likeness (QED) is 0.926. The predicted octanol–water partition coefficient (Wildman–Crippen LogP) is 2.79. The summed E-state index contributed by atoms with van der Waals surface area (Å²) < 4.78 is 5.23. The first kappa shape index (κ1) is 14.6. The number of rotatable bonds is 4. The standard InChI is InChI=1S/C12H12Cl2N2O2/c1-12(2,7-15)16-11(17)6-18-10-4-3-8(13)5-9(10)14/h3-5H,6H2,1-2H3,(H,16,17). The largest absolute Gasteiger partial charge is 0.482 e. The molecule has 0 aliphatic carbocycles. The van der Waals surface area contributed by atoms with Crippen LogP contribution in [-0.4, -0.2) is 18.1 Å². The molecule has 0 spiro atoms. The molecule has 0 unspecified atom stereocenters. The molecular formula is C12H12Cl2N2O2. The molecule has 1 rings (SSSR count). The maximum atomic E-state index is 11.5. The minimum atomic E-state index is -0.926. The fourth-order valence-corrected chi connectivity index (χ4v) is 1.61. The Kier molecular flexibility index (Phi) is 4.83. The summed E-state index contributed by atoms with van der Waals surface area (Å²) in [6.07, 6.45) is 0. The van der Waals surface area contributed by atoms with E-state index < -0.39 is 11.4 Å². The van der Waals surface area contributed by atoms with Crippen LogP contribution in [0.3, 0.4) is 0 Å². The summed E-state index contributed by atoms with van der Waals surface area (Å²) in [4.78, 5) is 11.5. The molecule has 1 aromatic rings. The Morgan fingerprint density at radius 3 is 2.72 bits per heavy atom. The number of ether oxygens (including phenoxy) is 1. The van der Waals surface area contributed by atoms with Gasteiger partial charge >= 0.3 is 0 Å². The summed E-state index contributed by atoms with van der Waals surface area (Å²) in [6, 6.07) is 6.67. The highest BCUT2D eigenvalue weighted by atomic mass is 35.5. The number of nitrogens with one attached hydrogen (secondary N) is 1. The van der Waals surface area contributed by atoms with Crippen LogP contribution in [0, 0.1) is 11.3 Å². The molecule has 1 aromatic carbocycles. The highest BCUT2D eigenvalue weighted by Gasteiger charge is 2.19. The number of halogens is 2. The third kappa shape index (κ3) is 4.44. The van der Waals surface area contributed by atoms with Gasteiger partial charge in [-0.15, -0.1) is 0 Å². The lowest BCUT2D eigenvalue weighted by atomic mass is 10.1. The van der Waals surface area contributed by atoms with Crippen molar-refractivity contribution < 1.29 is 9.53 Å². The molecule has 6 heteroatoms. The van der Waals surface area contributed by atoms with E-state index in [4.69, 9.17) is 33.2 Å². The Balaban J connectivity index is 2.56. The number of benzene rings is 1. The third-order valence-corrected chi connectivity index (χ3v) is 2.51. The van der Waals surface area contributed by atoms with Crippen LogP contribution >= 0.6 is 23.2 Å². The molecule has 0 radical (unpaired) electrons. The van der Waals surface area contributed by atoms with Crippen LogP contribution in [0.1, 0.15) is 13.8 Å². The minimum absolute atomic E-state index is 0.216. The third-order valence-electron chi connectivity index (χ3n) is 1.98. The van der Waals surface area contributed by atoms with Crippen molar-refractivity contribution in [3.63, 3.8) is 0 Å². The van der Waals surface area contributed by atoms with Gasteiger partial charge in [-0.2, -0.15) is 5.26 Å². The van der Waals surface area contributed by atoms with E-state index in [0.29, 0.717) is 15.8 Å². The van der Waals surface area contributed by atoms with Gasteiger partial charge in [-0.3, -0.25) is 4.79 Å². The molecule has 0 saturated carbocycles. The average molecular weight is 287 g/mol. The summed E-state index contributed by atoms with van der Waals surface area (Å²) in [6.45, 7) is 2.98. The smallest absolute Gasteiger partial charge is 0.259 e. The molecule has 1 amide bonds. The van der Waals surface area contributed by atoms with Crippen LogP contribution in [0.2, 0.25) is 10.0 Å². The fourth-order valence-electron chi connectivity index (χ4n) is 1.15.